The Labute approximate surface area is 190 Å². The van der Waals surface area contributed by atoms with E-state index in [1.807, 2.05) is 40.7 Å². The van der Waals surface area contributed by atoms with E-state index < -0.39 is 0 Å². The third-order valence-corrected chi connectivity index (χ3v) is 6.78. The fourth-order valence-corrected chi connectivity index (χ4v) is 5.17. The summed E-state index contributed by atoms with van der Waals surface area (Å²) in [6.45, 7) is 4.81. The Morgan fingerprint density at radius 3 is 2.84 bits per heavy atom. The van der Waals surface area contributed by atoms with E-state index in [1.165, 1.54) is 11.8 Å². The molecule has 1 fully saturated rings. The molecular formula is C23H26N4O4S. The first-order valence-electron chi connectivity index (χ1n) is 11.0. The van der Waals surface area contributed by atoms with Crippen molar-refractivity contribution in [1.82, 2.24) is 19.7 Å². The summed E-state index contributed by atoms with van der Waals surface area (Å²) in [5.41, 5.74) is 1.10. The van der Waals surface area contributed by atoms with E-state index in [-0.39, 0.29) is 11.9 Å². The molecule has 1 atom stereocenters. The van der Waals surface area contributed by atoms with E-state index in [0.29, 0.717) is 37.1 Å². The second kappa shape index (κ2) is 9.28. The van der Waals surface area contributed by atoms with Crippen molar-refractivity contribution in [1.29, 1.82) is 0 Å². The standard InChI is InChI=1S/C23H26N4O4S/c1-2-26-22(19-7-4-11-30-19)24-25-23(26)32-15-21(28)27-10-3-6-17(27)16-8-9-18-20(14-16)31-13-5-12-29-18/h4,7-9,11,14,17H,2-3,5-6,10,12-13,15H2,1H3/t17-/m0/s1. The maximum atomic E-state index is 13.2. The van der Waals surface area contributed by atoms with Gasteiger partial charge in [0.05, 0.1) is 31.3 Å². The van der Waals surface area contributed by atoms with Gasteiger partial charge in [0.2, 0.25) is 5.91 Å². The van der Waals surface area contributed by atoms with Crippen LogP contribution < -0.4 is 9.47 Å². The van der Waals surface area contributed by atoms with E-state index >= 15 is 0 Å². The quantitative estimate of drug-likeness (QED) is 0.517. The van der Waals surface area contributed by atoms with Crippen LogP contribution in [0.2, 0.25) is 0 Å². The summed E-state index contributed by atoms with van der Waals surface area (Å²) < 4.78 is 19.0. The first-order chi connectivity index (χ1) is 15.7. The molecule has 4 heterocycles. The molecule has 0 radical (unpaired) electrons. The number of likely N-dealkylation sites (tertiary alicyclic amines) is 1. The number of fused-ring (bicyclic) bond motifs is 1. The zero-order valence-electron chi connectivity index (χ0n) is 18.0. The predicted molar refractivity (Wildman–Crippen MR) is 120 cm³/mol. The summed E-state index contributed by atoms with van der Waals surface area (Å²) >= 11 is 1.42. The SMILES string of the molecule is CCn1c(SCC(=O)N2CCC[C@H]2c2ccc3c(c2)OCCCO3)nnc1-c1ccco1. The Morgan fingerprint density at radius 1 is 1.16 bits per heavy atom. The summed E-state index contributed by atoms with van der Waals surface area (Å²) in [5, 5.41) is 9.28. The Hall–Kier alpha value is -2.94. The van der Waals surface area contributed by atoms with Crippen LogP contribution in [0.15, 0.2) is 46.2 Å². The van der Waals surface area contributed by atoms with Gasteiger partial charge in [0.15, 0.2) is 28.2 Å². The zero-order valence-corrected chi connectivity index (χ0v) is 18.8. The lowest BCUT2D eigenvalue weighted by molar-refractivity contribution is -0.129. The molecule has 1 aromatic carbocycles. The topological polar surface area (TPSA) is 82.6 Å². The molecule has 32 heavy (non-hydrogen) atoms. The van der Waals surface area contributed by atoms with E-state index in [0.717, 1.165) is 48.0 Å². The van der Waals surface area contributed by atoms with Gasteiger partial charge in [0, 0.05) is 19.5 Å². The minimum absolute atomic E-state index is 0.0583. The average molecular weight is 455 g/mol. The lowest BCUT2D eigenvalue weighted by atomic mass is 10.0. The molecule has 0 unspecified atom stereocenters. The fourth-order valence-electron chi connectivity index (χ4n) is 4.28. The lowest BCUT2D eigenvalue weighted by Gasteiger charge is -2.25. The van der Waals surface area contributed by atoms with Gasteiger partial charge in [-0.15, -0.1) is 10.2 Å². The number of furan rings is 1. The minimum Gasteiger partial charge on any atom is -0.490 e. The smallest absolute Gasteiger partial charge is 0.233 e. The highest BCUT2D eigenvalue weighted by atomic mass is 32.2. The number of benzene rings is 1. The molecule has 8 nitrogen and oxygen atoms in total. The van der Waals surface area contributed by atoms with Crippen LogP contribution in [-0.2, 0) is 11.3 Å². The second-order valence-electron chi connectivity index (χ2n) is 7.82. The highest BCUT2D eigenvalue weighted by Crippen LogP contribution is 2.38. The van der Waals surface area contributed by atoms with E-state index in [4.69, 9.17) is 13.9 Å². The van der Waals surface area contributed by atoms with Crippen molar-refractivity contribution in [3.8, 4) is 23.1 Å². The van der Waals surface area contributed by atoms with E-state index in [9.17, 15) is 4.79 Å². The molecule has 0 saturated carbocycles. The zero-order chi connectivity index (χ0) is 21.9. The molecule has 0 bridgehead atoms. The van der Waals surface area contributed by atoms with Crippen LogP contribution in [0.3, 0.4) is 0 Å². The molecule has 2 aliphatic heterocycles. The fraction of sp³-hybridized carbons (Fsp3) is 0.435. The number of nitrogens with zero attached hydrogens (tertiary/aromatic N) is 4. The molecule has 168 valence electrons. The number of hydrogen-bond donors (Lipinski definition) is 0. The maximum Gasteiger partial charge on any atom is 0.233 e. The molecular weight excluding hydrogens is 428 g/mol. The monoisotopic (exact) mass is 454 g/mol. The van der Waals surface area contributed by atoms with E-state index in [1.54, 1.807) is 6.26 Å². The van der Waals surface area contributed by atoms with Crippen molar-refractivity contribution in [2.24, 2.45) is 0 Å². The molecule has 0 N–H and O–H groups in total. The van der Waals surface area contributed by atoms with Crippen molar-refractivity contribution in [3.05, 3.63) is 42.2 Å². The van der Waals surface area contributed by atoms with E-state index in [2.05, 4.69) is 16.3 Å². The summed E-state index contributed by atoms with van der Waals surface area (Å²) in [6, 6.07) is 9.80. The van der Waals surface area contributed by atoms with Gasteiger partial charge < -0.3 is 18.8 Å². The van der Waals surface area contributed by atoms with Gasteiger partial charge in [-0.25, -0.2) is 0 Å². The van der Waals surface area contributed by atoms with Crippen LogP contribution in [0.4, 0.5) is 0 Å². The van der Waals surface area contributed by atoms with Gasteiger partial charge in [0.25, 0.3) is 0 Å². The van der Waals surface area contributed by atoms with Gasteiger partial charge in [-0.3, -0.25) is 9.36 Å². The number of hydrogen-bond acceptors (Lipinski definition) is 7. The number of amides is 1. The largest absolute Gasteiger partial charge is 0.490 e. The highest BCUT2D eigenvalue weighted by Gasteiger charge is 2.31. The predicted octanol–water partition coefficient (Wildman–Crippen LogP) is 4.18. The molecule has 0 aliphatic carbocycles. The third-order valence-electron chi connectivity index (χ3n) is 5.83. The normalized spacial score (nSPS) is 18.0. The van der Waals surface area contributed by atoms with Gasteiger partial charge >= 0.3 is 0 Å². The summed E-state index contributed by atoms with van der Waals surface area (Å²) in [7, 11) is 0. The first kappa shape index (κ1) is 20.9. The Kier molecular flexibility index (Phi) is 6.07. The highest BCUT2D eigenvalue weighted by molar-refractivity contribution is 7.99. The average Bonchev–Trinajstić information content (AvgIpc) is 3.55. The first-order valence-corrected chi connectivity index (χ1v) is 12.0. The Balaban J connectivity index is 1.28. The molecule has 2 aliphatic rings. The van der Waals surface area contributed by atoms with Crippen LogP contribution in [-0.4, -0.2) is 51.1 Å². The summed E-state index contributed by atoms with van der Waals surface area (Å²) in [5.74, 6) is 3.33. The third kappa shape index (κ3) is 4.09. The van der Waals surface area contributed by atoms with Crippen LogP contribution in [0, 0.1) is 0 Å². The Morgan fingerprint density at radius 2 is 2.03 bits per heavy atom. The molecule has 9 heteroatoms. The number of carbonyl (C=O) groups is 1. The van der Waals surface area contributed by atoms with Gasteiger partial charge in [0.1, 0.15) is 0 Å². The van der Waals surface area contributed by atoms with Crippen molar-refractivity contribution >= 4 is 17.7 Å². The van der Waals surface area contributed by atoms with Gasteiger partial charge in [-0.05, 0) is 49.6 Å². The van der Waals surface area contributed by atoms with Crippen LogP contribution in [0.1, 0.15) is 37.8 Å². The van der Waals surface area contributed by atoms with Crippen LogP contribution >= 0.6 is 11.8 Å². The molecule has 2 aromatic heterocycles. The van der Waals surface area contributed by atoms with Gasteiger partial charge in [-0.1, -0.05) is 17.8 Å². The number of aromatic nitrogens is 3. The summed E-state index contributed by atoms with van der Waals surface area (Å²) in [6.07, 6.45) is 4.43. The van der Waals surface area contributed by atoms with Crippen LogP contribution in [0.5, 0.6) is 11.5 Å². The minimum atomic E-state index is 0.0583. The molecule has 1 amide bonds. The van der Waals surface area contributed by atoms with Crippen LogP contribution in [0.25, 0.3) is 11.6 Å². The molecule has 5 rings (SSSR count). The van der Waals surface area contributed by atoms with Gasteiger partial charge in [-0.2, -0.15) is 0 Å². The van der Waals surface area contributed by atoms with Crippen molar-refractivity contribution in [2.45, 2.75) is 43.9 Å². The number of carbonyl (C=O) groups excluding carboxylic acids is 1. The lowest BCUT2D eigenvalue weighted by Crippen LogP contribution is -2.32. The number of ether oxygens (including phenoxy) is 2. The number of rotatable bonds is 6. The molecule has 1 saturated heterocycles. The maximum absolute atomic E-state index is 13.2. The summed E-state index contributed by atoms with van der Waals surface area (Å²) in [4.78, 5) is 15.1. The molecule has 0 spiro atoms. The van der Waals surface area contributed by atoms with Crippen molar-refractivity contribution < 1.29 is 18.7 Å². The molecule has 3 aromatic rings. The van der Waals surface area contributed by atoms with Crippen molar-refractivity contribution in [2.75, 3.05) is 25.5 Å². The van der Waals surface area contributed by atoms with Crippen molar-refractivity contribution in [3.63, 3.8) is 0 Å². The number of thioether (sulfide) groups is 1. The second-order valence-corrected chi connectivity index (χ2v) is 8.76. The Bertz CT molecular complexity index is 1080.